The molecule has 2 aliphatic rings. The molecule has 2 fully saturated rings. The van der Waals surface area contributed by atoms with Crippen LogP contribution in [-0.2, 0) is 0 Å². The van der Waals surface area contributed by atoms with Crippen molar-refractivity contribution in [2.24, 2.45) is 0 Å². The van der Waals surface area contributed by atoms with Crippen LogP contribution in [0.3, 0.4) is 0 Å². The molecule has 0 radical (unpaired) electrons. The van der Waals surface area contributed by atoms with E-state index in [1.807, 2.05) is 0 Å². The molecule has 2 rings (SSSR count). The van der Waals surface area contributed by atoms with Gasteiger partial charge in [-0.3, -0.25) is 0 Å². The van der Waals surface area contributed by atoms with Gasteiger partial charge in [-0.05, 0) is 33.1 Å². The Labute approximate surface area is 113 Å². The molecule has 0 aromatic carbocycles. The summed E-state index contributed by atoms with van der Waals surface area (Å²) in [6.45, 7) is 16.2. The van der Waals surface area contributed by atoms with Crippen molar-refractivity contribution in [3.05, 3.63) is 0 Å². The molecule has 0 aliphatic carbocycles. The van der Waals surface area contributed by atoms with E-state index in [2.05, 4.69) is 33.6 Å². The third kappa shape index (κ3) is 4.50. The lowest BCUT2D eigenvalue weighted by Gasteiger charge is -2.35. The predicted octanol–water partition coefficient (Wildman–Crippen LogP) is 0.261. The minimum Gasteiger partial charge on any atom is -0.304 e. The maximum Gasteiger partial charge on any atom is 0.0110 e. The summed E-state index contributed by atoms with van der Waals surface area (Å²) in [6.07, 6.45) is 1.34. The zero-order valence-corrected chi connectivity index (χ0v) is 12.3. The second-order valence-electron chi connectivity index (χ2n) is 5.77. The van der Waals surface area contributed by atoms with Crippen LogP contribution in [-0.4, -0.2) is 98.6 Å². The van der Waals surface area contributed by atoms with Crippen LogP contribution in [0.2, 0.25) is 0 Å². The van der Waals surface area contributed by atoms with Crippen LogP contribution >= 0.6 is 0 Å². The molecule has 0 atom stereocenters. The fourth-order valence-corrected chi connectivity index (χ4v) is 2.92. The van der Waals surface area contributed by atoms with Gasteiger partial charge < -0.3 is 19.6 Å². The van der Waals surface area contributed by atoms with E-state index in [4.69, 9.17) is 0 Å². The van der Waals surface area contributed by atoms with Crippen LogP contribution in [0.25, 0.3) is 0 Å². The van der Waals surface area contributed by atoms with E-state index in [1.165, 1.54) is 78.4 Å². The highest BCUT2D eigenvalue weighted by molar-refractivity contribution is 4.73. The molecule has 2 heterocycles. The van der Waals surface area contributed by atoms with Crippen molar-refractivity contribution in [2.75, 3.05) is 79.0 Å². The Balaban J connectivity index is 1.53. The fraction of sp³-hybridized carbons (Fsp3) is 1.00. The number of piperazine rings is 2. The van der Waals surface area contributed by atoms with Crippen molar-refractivity contribution < 1.29 is 0 Å². The third-order valence-corrected chi connectivity index (χ3v) is 4.46. The van der Waals surface area contributed by atoms with Gasteiger partial charge in [-0.15, -0.1) is 0 Å². The van der Waals surface area contributed by atoms with Crippen molar-refractivity contribution in [3.8, 4) is 0 Å². The predicted molar refractivity (Wildman–Crippen MR) is 77.1 cm³/mol. The molecule has 0 amide bonds. The molecular weight excluding hydrogens is 224 g/mol. The molecule has 0 aromatic rings. The Morgan fingerprint density at radius 1 is 0.667 bits per heavy atom. The van der Waals surface area contributed by atoms with Gasteiger partial charge in [-0.1, -0.05) is 6.92 Å². The molecule has 0 bridgehead atoms. The van der Waals surface area contributed by atoms with E-state index in [9.17, 15) is 0 Å². The quantitative estimate of drug-likeness (QED) is 0.698. The van der Waals surface area contributed by atoms with Gasteiger partial charge in [0.05, 0.1) is 0 Å². The maximum absolute atomic E-state index is 2.64. The van der Waals surface area contributed by atoms with Crippen LogP contribution < -0.4 is 0 Å². The monoisotopic (exact) mass is 254 g/mol. The SMILES string of the molecule is CCN1CCN(CCCN2CCN(C)CC2)CC1. The normalized spacial score (nSPS) is 25.7. The third-order valence-electron chi connectivity index (χ3n) is 4.46. The summed E-state index contributed by atoms with van der Waals surface area (Å²) in [7, 11) is 2.23. The Bertz CT molecular complexity index is 218. The van der Waals surface area contributed by atoms with Gasteiger partial charge in [-0.2, -0.15) is 0 Å². The highest BCUT2D eigenvalue weighted by Crippen LogP contribution is 2.04. The van der Waals surface area contributed by atoms with E-state index in [0.717, 1.165) is 0 Å². The summed E-state index contributed by atoms with van der Waals surface area (Å²) < 4.78 is 0. The summed E-state index contributed by atoms with van der Waals surface area (Å²) in [5.41, 5.74) is 0. The first-order valence-electron chi connectivity index (χ1n) is 7.63. The maximum atomic E-state index is 2.64. The Morgan fingerprint density at radius 2 is 1.11 bits per heavy atom. The van der Waals surface area contributed by atoms with Crippen LogP contribution in [0.4, 0.5) is 0 Å². The lowest BCUT2D eigenvalue weighted by molar-refractivity contribution is 0.120. The molecule has 106 valence electrons. The zero-order chi connectivity index (χ0) is 12.8. The largest absolute Gasteiger partial charge is 0.304 e. The Hall–Kier alpha value is -0.160. The van der Waals surface area contributed by atoms with Crippen molar-refractivity contribution in [3.63, 3.8) is 0 Å². The molecule has 4 heteroatoms. The number of hydrogen-bond donors (Lipinski definition) is 0. The van der Waals surface area contributed by atoms with Crippen molar-refractivity contribution in [2.45, 2.75) is 13.3 Å². The lowest BCUT2D eigenvalue weighted by Crippen LogP contribution is -2.47. The molecule has 0 aromatic heterocycles. The van der Waals surface area contributed by atoms with E-state index in [0.29, 0.717) is 0 Å². The van der Waals surface area contributed by atoms with Gasteiger partial charge >= 0.3 is 0 Å². The molecule has 0 saturated carbocycles. The smallest absolute Gasteiger partial charge is 0.0110 e. The summed E-state index contributed by atoms with van der Waals surface area (Å²) in [5, 5.41) is 0. The summed E-state index contributed by atoms with van der Waals surface area (Å²) in [5.74, 6) is 0. The molecule has 18 heavy (non-hydrogen) atoms. The highest BCUT2D eigenvalue weighted by atomic mass is 15.3. The number of hydrogen-bond acceptors (Lipinski definition) is 4. The average Bonchev–Trinajstić information content (AvgIpc) is 2.42. The van der Waals surface area contributed by atoms with Crippen molar-refractivity contribution in [1.29, 1.82) is 0 Å². The number of nitrogens with zero attached hydrogens (tertiary/aromatic N) is 4. The first kappa shape index (κ1) is 14.3. The fourth-order valence-electron chi connectivity index (χ4n) is 2.92. The average molecular weight is 254 g/mol. The molecule has 0 unspecified atom stereocenters. The number of likely N-dealkylation sites (N-methyl/N-ethyl adjacent to an activating group) is 2. The van der Waals surface area contributed by atoms with Crippen LogP contribution in [0.15, 0.2) is 0 Å². The molecular formula is C14H30N4. The molecule has 0 spiro atoms. The van der Waals surface area contributed by atoms with Gasteiger partial charge in [0.25, 0.3) is 0 Å². The minimum atomic E-state index is 1.22. The first-order chi connectivity index (χ1) is 8.78. The van der Waals surface area contributed by atoms with Gasteiger partial charge in [0.1, 0.15) is 0 Å². The van der Waals surface area contributed by atoms with Crippen LogP contribution in [0.1, 0.15) is 13.3 Å². The van der Waals surface area contributed by atoms with E-state index in [1.54, 1.807) is 0 Å². The van der Waals surface area contributed by atoms with Crippen molar-refractivity contribution >= 4 is 0 Å². The first-order valence-corrected chi connectivity index (χ1v) is 7.63. The van der Waals surface area contributed by atoms with E-state index < -0.39 is 0 Å². The van der Waals surface area contributed by atoms with Crippen LogP contribution in [0.5, 0.6) is 0 Å². The second-order valence-corrected chi connectivity index (χ2v) is 5.77. The highest BCUT2D eigenvalue weighted by Gasteiger charge is 2.16. The number of rotatable bonds is 5. The van der Waals surface area contributed by atoms with Gasteiger partial charge in [0.2, 0.25) is 0 Å². The minimum absolute atomic E-state index is 1.22. The Morgan fingerprint density at radius 3 is 1.61 bits per heavy atom. The summed E-state index contributed by atoms with van der Waals surface area (Å²) >= 11 is 0. The van der Waals surface area contributed by atoms with Gasteiger partial charge in [0, 0.05) is 52.4 Å². The second kappa shape index (κ2) is 7.43. The standard InChI is InChI=1S/C14H30N4/c1-3-16-11-13-18(14-12-16)6-4-5-17-9-7-15(2)8-10-17/h3-14H2,1-2H3. The molecule has 2 aliphatic heterocycles. The van der Waals surface area contributed by atoms with Crippen LogP contribution in [0, 0.1) is 0 Å². The Kier molecular flexibility index (Phi) is 5.89. The summed E-state index contributed by atoms with van der Waals surface area (Å²) in [6, 6.07) is 0. The van der Waals surface area contributed by atoms with E-state index >= 15 is 0 Å². The van der Waals surface area contributed by atoms with Crippen molar-refractivity contribution in [1.82, 2.24) is 19.6 Å². The van der Waals surface area contributed by atoms with E-state index in [-0.39, 0.29) is 0 Å². The molecule has 2 saturated heterocycles. The summed E-state index contributed by atoms with van der Waals surface area (Å²) in [4.78, 5) is 10.3. The topological polar surface area (TPSA) is 13.0 Å². The zero-order valence-electron chi connectivity index (χ0n) is 12.3. The van der Waals surface area contributed by atoms with Gasteiger partial charge in [0.15, 0.2) is 0 Å². The lowest BCUT2D eigenvalue weighted by atomic mass is 10.2. The molecule has 4 nitrogen and oxygen atoms in total. The van der Waals surface area contributed by atoms with Gasteiger partial charge in [-0.25, -0.2) is 0 Å². The molecule has 0 N–H and O–H groups in total.